The van der Waals surface area contributed by atoms with Crippen molar-refractivity contribution in [3.8, 4) is 6.01 Å². The Balaban J connectivity index is 2.24. The normalized spacial score (nSPS) is 13.0. The van der Waals surface area contributed by atoms with Crippen LogP contribution < -0.4 is 10.1 Å². The molecule has 2 aromatic rings. The molecule has 6 nitrogen and oxygen atoms in total. The lowest BCUT2D eigenvalue weighted by molar-refractivity contribution is 0.354. The van der Waals surface area contributed by atoms with Gasteiger partial charge in [-0.05, 0) is 41.5 Å². The zero-order valence-corrected chi connectivity index (χ0v) is 14.4. The lowest BCUT2D eigenvalue weighted by Gasteiger charge is -2.19. The molecule has 0 saturated heterocycles. The standard InChI is InChI=1S/C16H25N5O/c1-10-8-14(19-15(17-10)22-7)18-11(2)13-9-21(16(4,5)6)20-12(13)3/h8-9,11H,1-7H3,(H,17,18,19). The van der Waals surface area contributed by atoms with Crippen LogP contribution in [0.1, 0.15) is 50.7 Å². The summed E-state index contributed by atoms with van der Waals surface area (Å²) < 4.78 is 7.12. The number of nitrogens with one attached hydrogen (secondary N) is 1. The zero-order chi connectivity index (χ0) is 16.5. The van der Waals surface area contributed by atoms with E-state index in [-0.39, 0.29) is 11.6 Å². The molecule has 22 heavy (non-hydrogen) atoms. The fourth-order valence-corrected chi connectivity index (χ4v) is 2.25. The number of rotatable bonds is 4. The molecule has 1 N–H and O–H groups in total. The minimum absolute atomic E-state index is 0.0303. The van der Waals surface area contributed by atoms with Crippen molar-refractivity contribution in [2.24, 2.45) is 0 Å². The van der Waals surface area contributed by atoms with Crippen LogP contribution in [0.4, 0.5) is 5.82 Å². The van der Waals surface area contributed by atoms with Gasteiger partial charge in [0.05, 0.1) is 24.4 Å². The van der Waals surface area contributed by atoms with E-state index in [4.69, 9.17) is 4.74 Å². The Bertz CT molecular complexity index is 657. The molecule has 1 atom stereocenters. The molecule has 0 radical (unpaired) electrons. The van der Waals surface area contributed by atoms with Crippen molar-refractivity contribution in [3.63, 3.8) is 0 Å². The molecule has 0 aliphatic heterocycles. The van der Waals surface area contributed by atoms with Gasteiger partial charge in [0.2, 0.25) is 0 Å². The van der Waals surface area contributed by atoms with Crippen molar-refractivity contribution in [1.29, 1.82) is 0 Å². The first-order valence-electron chi connectivity index (χ1n) is 7.43. The van der Waals surface area contributed by atoms with Crippen LogP contribution in [0.2, 0.25) is 0 Å². The van der Waals surface area contributed by atoms with Crippen LogP contribution in [0.3, 0.4) is 0 Å². The van der Waals surface area contributed by atoms with Crippen LogP contribution in [0, 0.1) is 13.8 Å². The van der Waals surface area contributed by atoms with Gasteiger partial charge >= 0.3 is 6.01 Å². The fourth-order valence-electron chi connectivity index (χ4n) is 2.25. The van der Waals surface area contributed by atoms with Crippen molar-refractivity contribution in [2.45, 2.75) is 53.1 Å². The highest BCUT2D eigenvalue weighted by Gasteiger charge is 2.19. The maximum absolute atomic E-state index is 5.12. The summed E-state index contributed by atoms with van der Waals surface area (Å²) in [7, 11) is 1.57. The van der Waals surface area contributed by atoms with Crippen LogP contribution in [0.25, 0.3) is 0 Å². The molecule has 0 aliphatic carbocycles. The molecule has 120 valence electrons. The van der Waals surface area contributed by atoms with E-state index in [1.54, 1.807) is 7.11 Å². The summed E-state index contributed by atoms with van der Waals surface area (Å²) in [6.45, 7) is 12.5. The second-order valence-corrected chi connectivity index (χ2v) is 6.53. The molecule has 2 aromatic heterocycles. The molecule has 0 aliphatic rings. The summed E-state index contributed by atoms with van der Waals surface area (Å²) in [6.07, 6.45) is 2.10. The number of hydrogen-bond donors (Lipinski definition) is 1. The lowest BCUT2D eigenvalue weighted by Crippen LogP contribution is -2.22. The third-order valence-electron chi connectivity index (χ3n) is 3.47. The molecule has 0 spiro atoms. The number of aryl methyl sites for hydroxylation is 2. The molecule has 0 bridgehead atoms. The van der Waals surface area contributed by atoms with E-state index in [0.29, 0.717) is 6.01 Å². The van der Waals surface area contributed by atoms with Gasteiger partial charge in [0, 0.05) is 23.5 Å². The van der Waals surface area contributed by atoms with E-state index in [1.807, 2.05) is 24.6 Å². The molecule has 6 heteroatoms. The van der Waals surface area contributed by atoms with Crippen LogP contribution >= 0.6 is 0 Å². The third-order valence-corrected chi connectivity index (χ3v) is 3.47. The second-order valence-electron chi connectivity index (χ2n) is 6.53. The van der Waals surface area contributed by atoms with Gasteiger partial charge in [0.15, 0.2) is 0 Å². The summed E-state index contributed by atoms with van der Waals surface area (Å²) in [6, 6.07) is 2.37. The predicted molar refractivity (Wildman–Crippen MR) is 87.3 cm³/mol. The molecular weight excluding hydrogens is 278 g/mol. The third kappa shape index (κ3) is 3.55. The SMILES string of the molecule is COc1nc(C)cc(NC(C)c2cn(C(C)(C)C)nc2C)n1. The highest BCUT2D eigenvalue weighted by molar-refractivity contribution is 5.40. The molecule has 0 amide bonds. The number of anilines is 1. The Morgan fingerprint density at radius 1 is 1.23 bits per heavy atom. The van der Waals surface area contributed by atoms with Gasteiger partial charge in [-0.25, -0.2) is 4.98 Å². The highest BCUT2D eigenvalue weighted by atomic mass is 16.5. The van der Waals surface area contributed by atoms with Crippen molar-refractivity contribution in [1.82, 2.24) is 19.7 Å². The number of nitrogens with zero attached hydrogens (tertiary/aromatic N) is 4. The monoisotopic (exact) mass is 303 g/mol. The second kappa shape index (κ2) is 5.94. The molecule has 0 saturated carbocycles. The first-order chi connectivity index (χ1) is 10.2. The van der Waals surface area contributed by atoms with Gasteiger partial charge in [0.1, 0.15) is 5.82 Å². The van der Waals surface area contributed by atoms with Gasteiger partial charge in [-0.2, -0.15) is 10.1 Å². The van der Waals surface area contributed by atoms with E-state index in [0.717, 1.165) is 22.8 Å². The minimum Gasteiger partial charge on any atom is -0.467 e. The zero-order valence-electron chi connectivity index (χ0n) is 14.4. The number of ether oxygens (including phenoxy) is 1. The Kier molecular flexibility index (Phi) is 4.39. The molecule has 0 fully saturated rings. The van der Waals surface area contributed by atoms with Gasteiger partial charge in [-0.15, -0.1) is 0 Å². The van der Waals surface area contributed by atoms with E-state index in [9.17, 15) is 0 Å². The summed E-state index contributed by atoms with van der Waals surface area (Å²) in [5.41, 5.74) is 3.01. The number of aromatic nitrogens is 4. The molecular formula is C16H25N5O. The Labute approximate surface area is 131 Å². The largest absolute Gasteiger partial charge is 0.467 e. The van der Waals surface area contributed by atoms with Gasteiger partial charge in [-0.3, -0.25) is 4.68 Å². The number of hydrogen-bond acceptors (Lipinski definition) is 5. The predicted octanol–water partition coefficient (Wildman–Crippen LogP) is 3.23. The van der Waals surface area contributed by atoms with Crippen LogP contribution in [0.5, 0.6) is 6.01 Å². The maximum Gasteiger partial charge on any atom is 0.318 e. The lowest BCUT2D eigenvalue weighted by atomic mass is 10.1. The van der Waals surface area contributed by atoms with Crippen molar-refractivity contribution in [3.05, 3.63) is 29.2 Å². The first-order valence-corrected chi connectivity index (χ1v) is 7.43. The summed E-state index contributed by atoms with van der Waals surface area (Å²) >= 11 is 0. The van der Waals surface area contributed by atoms with Gasteiger partial charge < -0.3 is 10.1 Å². The van der Waals surface area contributed by atoms with Gasteiger partial charge in [-0.1, -0.05) is 0 Å². The quantitative estimate of drug-likeness (QED) is 0.939. The van der Waals surface area contributed by atoms with Crippen molar-refractivity contribution in [2.75, 3.05) is 12.4 Å². The molecule has 0 aromatic carbocycles. The topological polar surface area (TPSA) is 64.9 Å². The van der Waals surface area contributed by atoms with Crippen molar-refractivity contribution >= 4 is 5.82 Å². The highest BCUT2D eigenvalue weighted by Crippen LogP contribution is 2.24. The van der Waals surface area contributed by atoms with Crippen molar-refractivity contribution < 1.29 is 4.74 Å². The van der Waals surface area contributed by atoms with Crippen LogP contribution in [-0.2, 0) is 5.54 Å². The maximum atomic E-state index is 5.12. The Morgan fingerprint density at radius 2 is 1.91 bits per heavy atom. The first kappa shape index (κ1) is 16.3. The van der Waals surface area contributed by atoms with E-state index >= 15 is 0 Å². The summed E-state index contributed by atoms with van der Waals surface area (Å²) in [4.78, 5) is 8.53. The summed E-state index contributed by atoms with van der Waals surface area (Å²) in [5.74, 6) is 0.750. The van der Waals surface area contributed by atoms with E-state index < -0.39 is 0 Å². The number of methoxy groups -OCH3 is 1. The van der Waals surface area contributed by atoms with E-state index in [2.05, 4.69) is 54.3 Å². The van der Waals surface area contributed by atoms with E-state index in [1.165, 1.54) is 0 Å². The fraction of sp³-hybridized carbons (Fsp3) is 0.562. The molecule has 2 heterocycles. The smallest absolute Gasteiger partial charge is 0.318 e. The Morgan fingerprint density at radius 3 is 2.45 bits per heavy atom. The van der Waals surface area contributed by atoms with Crippen LogP contribution in [-0.4, -0.2) is 26.9 Å². The Hall–Kier alpha value is -2.11. The molecule has 2 rings (SSSR count). The average Bonchev–Trinajstić information content (AvgIpc) is 2.80. The van der Waals surface area contributed by atoms with Gasteiger partial charge in [0.25, 0.3) is 0 Å². The van der Waals surface area contributed by atoms with Crippen LogP contribution in [0.15, 0.2) is 12.3 Å². The average molecular weight is 303 g/mol. The minimum atomic E-state index is -0.0303. The summed E-state index contributed by atoms with van der Waals surface area (Å²) in [5, 5.41) is 8.01. The molecule has 1 unspecified atom stereocenters.